The molecule has 0 bridgehead atoms. The monoisotopic (exact) mass is 1830 g/mol. The van der Waals surface area contributed by atoms with Crippen LogP contribution < -0.4 is 66.9 Å². The van der Waals surface area contributed by atoms with Crippen molar-refractivity contribution in [1.29, 1.82) is 0 Å². The summed E-state index contributed by atoms with van der Waals surface area (Å²) in [4.78, 5) is 58.0. The SMILES string of the molecule is C1CCOC1.CC(=O)c1cccc(O)c1.CC(C)(C)OC(=O)NCCBr.CCCOc1cccc(C(=O)CCc2ccc(OC)c(OC)c2)c1.CCCOc1cccc([C@H](O)CCc2ccc(OC)c(OC)c2)c1.COc1ccc(/C=C/C(=O)c2cccc(O)c2)cc1OC.COc1ccc(CCC(=O)c2cccc(O)c2)cc1OC.COc1ccc(OC)c(OC)c1. The molecule has 0 radical (unpaired) electrons. The highest BCUT2D eigenvalue weighted by molar-refractivity contribution is 9.09. The largest absolute Gasteiger partial charge is 0.508 e. The zero-order valence-electron chi connectivity index (χ0n) is 76.6. The molecule has 1 atom stereocenters. The predicted molar refractivity (Wildman–Crippen MR) is 503 cm³/mol. The maximum atomic E-state index is 12.4. The van der Waals surface area contributed by atoms with Gasteiger partial charge >= 0.3 is 6.09 Å². The highest BCUT2D eigenvalue weighted by atomic mass is 79.9. The van der Waals surface area contributed by atoms with Gasteiger partial charge in [0.15, 0.2) is 80.6 Å². The van der Waals surface area contributed by atoms with Crippen molar-refractivity contribution in [2.45, 2.75) is 117 Å². The number of carbonyl (C=O) groups excluding carboxylic acids is 5. The second-order valence-electron chi connectivity index (χ2n) is 28.9. The Hall–Kier alpha value is -12.9. The van der Waals surface area contributed by atoms with Crippen LogP contribution in [0.2, 0.25) is 0 Å². The first-order valence-corrected chi connectivity index (χ1v) is 42.7. The molecule has 0 saturated carbocycles. The second kappa shape index (κ2) is 60.7. The van der Waals surface area contributed by atoms with Gasteiger partial charge < -0.3 is 96.8 Å². The van der Waals surface area contributed by atoms with E-state index in [-0.39, 0.29) is 46.5 Å². The molecule has 5 N–H and O–H groups in total. The molecule has 0 spiro atoms. The Morgan fingerprint density at radius 2 is 0.820 bits per heavy atom. The predicted octanol–water partition coefficient (Wildman–Crippen LogP) is 21.0. The molecule has 10 aromatic carbocycles. The van der Waals surface area contributed by atoms with Crippen molar-refractivity contribution in [2.75, 3.05) is 117 Å². The Morgan fingerprint density at radius 1 is 0.430 bits per heavy atom. The molecule has 1 fully saturated rings. The minimum absolute atomic E-state index is 0.000634. The number of phenolic OH excluding ortho intramolecular Hbond substituents is 3. The number of ketones is 4. The molecule has 1 heterocycles. The van der Waals surface area contributed by atoms with Gasteiger partial charge in [0.05, 0.1) is 97.5 Å². The second-order valence-corrected chi connectivity index (χ2v) is 29.7. The summed E-state index contributed by atoms with van der Waals surface area (Å²) >= 11 is 3.19. The number of phenols is 3. The highest BCUT2D eigenvalue weighted by Crippen LogP contribution is 2.35. The summed E-state index contributed by atoms with van der Waals surface area (Å²) in [5, 5.41) is 41.4. The van der Waals surface area contributed by atoms with Gasteiger partial charge in [-0.25, -0.2) is 4.79 Å². The third-order valence-electron chi connectivity index (χ3n) is 18.2. The first-order valence-electron chi connectivity index (χ1n) is 41.6. The summed E-state index contributed by atoms with van der Waals surface area (Å²) in [5.74, 6) is 9.23. The number of aryl methyl sites for hydroxylation is 3. The van der Waals surface area contributed by atoms with Crippen LogP contribution in [0.3, 0.4) is 0 Å². The van der Waals surface area contributed by atoms with E-state index in [1.54, 1.807) is 151 Å². The lowest BCUT2D eigenvalue weighted by atomic mass is 10.0. The van der Waals surface area contributed by atoms with Gasteiger partial charge in [0.1, 0.15) is 40.1 Å². The van der Waals surface area contributed by atoms with Crippen molar-refractivity contribution < 1.29 is 115 Å². The molecule has 1 saturated heterocycles. The van der Waals surface area contributed by atoms with E-state index < -0.39 is 11.7 Å². The maximum absolute atomic E-state index is 12.4. The minimum atomic E-state index is -0.525. The number of methoxy groups -OCH3 is 11. The van der Waals surface area contributed by atoms with E-state index in [9.17, 15) is 39.3 Å². The number of carbonyl (C=O) groups is 5. The van der Waals surface area contributed by atoms with Gasteiger partial charge in [-0.3, -0.25) is 19.2 Å². The lowest BCUT2D eigenvalue weighted by Crippen LogP contribution is -2.33. The number of ether oxygens (including phenoxy) is 15. The third kappa shape index (κ3) is 41.0. The van der Waals surface area contributed by atoms with Crippen LogP contribution in [0.5, 0.6) is 92.0 Å². The number of benzene rings is 10. The summed E-state index contributed by atoms with van der Waals surface area (Å²) in [6.45, 7) is 15.0. The zero-order chi connectivity index (χ0) is 94.2. The van der Waals surface area contributed by atoms with Crippen LogP contribution in [0.15, 0.2) is 218 Å². The van der Waals surface area contributed by atoms with E-state index >= 15 is 0 Å². The number of halogens is 1. The number of hydrogen-bond acceptors (Lipinski definition) is 24. The van der Waals surface area contributed by atoms with Gasteiger partial charge in [-0.15, -0.1) is 0 Å². The van der Waals surface area contributed by atoms with E-state index in [4.69, 9.17) is 76.2 Å². The highest BCUT2D eigenvalue weighted by Gasteiger charge is 2.18. The molecular weight excluding hydrogens is 1700 g/mol. The summed E-state index contributed by atoms with van der Waals surface area (Å²) in [6, 6.07) is 61.9. The molecule has 26 heteroatoms. The van der Waals surface area contributed by atoms with Gasteiger partial charge in [0.25, 0.3) is 0 Å². The molecule has 0 unspecified atom stereocenters. The van der Waals surface area contributed by atoms with Gasteiger partial charge in [-0.2, -0.15) is 0 Å². The fourth-order valence-corrected chi connectivity index (χ4v) is 11.8. The molecule has 1 aliphatic rings. The Bertz CT molecular complexity index is 4990. The molecule has 128 heavy (non-hydrogen) atoms. The molecule has 11 rings (SSSR count). The molecule has 10 aromatic rings. The number of allylic oxidation sites excluding steroid dienone is 1. The van der Waals surface area contributed by atoms with Crippen molar-refractivity contribution in [3.63, 3.8) is 0 Å². The summed E-state index contributed by atoms with van der Waals surface area (Å²) in [5.41, 5.74) is 6.62. The summed E-state index contributed by atoms with van der Waals surface area (Å²) in [6.07, 6.45) is 10.2. The number of aliphatic hydroxyl groups excluding tert-OH is 1. The first-order chi connectivity index (χ1) is 61.6. The topological polar surface area (TPSA) is 317 Å². The van der Waals surface area contributed by atoms with E-state index in [0.717, 1.165) is 82.9 Å². The average molecular weight is 1830 g/mol. The van der Waals surface area contributed by atoms with Crippen LogP contribution >= 0.6 is 15.9 Å². The van der Waals surface area contributed by atoms with E-state index in [1.807, 2.05) is 136 Å². The Morgan fingerprint density at radius 3 is 1.23 bits per heavy atom. The van der Waals surface area contributed by atoms with Crippen molar-refractivity contribution in [2.24, 2.45) is 0 Å². The van der Waals surface area contributed by atoms with Gasteiger partial charge in [0, 0.05) is 66.3 Å². The van der Waals surface area contributed by atoms with Crippen molar-refractivity contribution in [1.82, 2.24) is 5.32 Å². The normalized spacial score (nSPS) is 11.0. The standard InChI is InChI=1S/C20H26O4.C20H24O4.C17H18O4.C17H16O4.C9H12O3.C8H8O2.C7H14BrNO2.C4H8O/c2*1-4-12-24-17-7-5-6-16(14-17)18(21)10-8-15-9-11-19(22-2)20(13-15)23-3;2*1-20-16-9-7-12(10-17(16)21-2)6-8-15(19)13-4-3-5-14(18)11-13;1-10-7-4-5-8(11-2)9(6-7)12-3;1-6(9)7-3-2-4-8(10)5-7;1-7(2,3)11-6(10)9-5-4-8;1-2-4-5-3-1/h5-7,9,11,13-14,18,21H,4,8,10,12H2,1-3H3;5-7,9,11,13-14H,4,8,10,12H2,1-3H3;3-5,7,9-11,18H,6,8H2,1-2H3;3-11,18H,1-2H3;4-6H,1-3H3;2-5,10H,1H3;4-5H2,1-3H3,(H,9,10);1-4H2/b;;;8-6+;;;;/t18-;;;;;;;/m1......./s1. The summed E-state index contributed by atoms with van der Waals surface area (Å²) < 4.78 is 78.1. The van der Waals surface area contributed by atoms with Crippen LogP contribution in [0, 0.1) is 0 Å². The van der Waals surface area contributed by atoms with Crippen molar-refractivity contribution in [3.05, 3.63) is 268 Å². The molecular formula is C102H126BrNO24. The number of rotatable bonds is 35. The number of alkyl carbamates (subject to hydrolysis) is 1. The number of nitrogens with one attached hydrogen (secondary N) is 1. The number of aliphatic hydroxyl groups is 1. The van der Waals surface area contributed by atoms with Crippen LogP contribution in [-0.2, 0) is 28.7 Å². The smallest absolute Gasteiger partial charge is 0.407 e. The van der Waals surface area contributed by atoms with Crippen LogP contribution in [0.25, 0.3) is 6.08 Å². The average Bonchev–Trinajstić information content (AvgIpc) is 1.01. The van der Waals surface area contributed by atoms with Gasteiger partial charge in [-0.1, -0.05) is 121 Å². The quantitative estimate of drug-likeness (QED) is 0.0140. The van der Waals surface area contributed by atoms with Crippen LogP contribution in [-0.4, -0.2) is 172 Å². The van der Waals surface area contributed by atoms with E-state index in [0.29, 0.717) is 132 Å². The molecule has 690 valence electrons. The van der Waals surface area contributed by atoms with Gasteiger partial charge in [-0.05, 0) is 234 Å². The molecule has 25 nitrogen and oxygen atoms in total. The number of aromatic hydroxyl groups is 3. The van der Waals surface area contributed by atoms with E-state index in [1.165, 1.54) is 56.2 Å². The Kier molecular flexibility index (Phi) is 50.9. The molecule has 1 aliphatic heterocycles. The minimum Gasteiger partial charge on any atom is -0.508 e. The van der Waals surface area contributed by atoms with Gasteiger partial charge in [0.2, 0.25) is 0 Å². The van der Waals surface area contributed by atoms with Crippen molar-refractivity contribution in [3.8, 4) is 92.0 Å². The van der Waals surface area contributed by atoms with E-state index in [2.05, 4.69) is 35.1 Å². The molecule has 0 aromatic heterocycles. The van der Waals surface area contributed by atoms with Crippen LogP contribution in [0.4, 0.5) is 4.79 Å². The lowest BCUT2D eigenvalue weighted by Gasteiger charge is -2.19. The molecule has 0 aliphatic carbocycles. The fraction of sp³-hybridized carbons (Fsp3) is 0.343. The van der Waals surface area contributed by atoms with Crippen molar-refractivity contribution >= 4 is 51.2 Å². The Labute approximate surface area is 762 Å². The fourth-order valence-electron chi connectivity index (χ4n) is 11.6. The number of Topliss-reactive ketones (excluding diaryl/α,β-unsaturated/α-hetero) is 3. The lowest BCUT2D eigenvalue weighted by molar-refractivity contribution is 0.0530. The summed E-state index contributed by atoms with van der Waals surface area (Å²) in [7, 11) is 17.6. The Balaban J connectivity index is 0.000000316. The first kappa shape index (κ1) is 107. The third-order valence-corrected chi connectivity index (χ3v) is 18.6. The number of hydrogen-bond donors (Lipinski definition) is 5. The zero-order valence-corrected chi connectivity index (χ0v) is 78.2. The maximum Gasteiger partial charge on any atom is 0.407 e. The number of alkyl halides is 1. The molecule has 1 amide bonds. The van der Waals surface area contributed by atoms with Crippen LogP contribution in [0.1, 0.15) is 162 Å². The number of amides is 1.